The number of carbonyl (C=O) groups is 2. The lowest BCUT2D eigenvalue weighted by atomic mass is 10.0. The average Bonchev–Trinajstić information content (AvgIpc) is 3.38. The van der Waals surface area contributed by atoms with Crippen LogP contribution in [0.15, 0.2) is 149 Å². The Morgan fingerprint density at radius 2 is 1.39 bits per heavy atom. The minimum Gasteiger partial charge on any atom is -0.508 e. The molecule has 6 aromatic rings. The van der Waals surface area contributed by atoms with Gasteiger partial charge in [-0.05, 0) is 77.4 Å². The van der Waals surface area contributed by atoms with E-state index in [1.165, 1.54) is 4.90 Å². The maximum atomic E-state index is 13.3. The van der Waals surface area contributed by atoms with Crippen molar-refractivity contribution in [1.29, 1.82) is 0 Å². The summed E-state index contributed by atoms with van der Waals surface area (Å²) < 4.78 is 5.46. The van der Waals surface area contributed by atoms with Crippen LogP contribution in [0.4, 0.5) is 17.1 Å². The molecule has 2 heterocycles. The minimum atomic E-state index is -0.376. The third kappa shape index (κ3) is 5.56. The highest BCUT2D eigenvalue weighted by Gasteiger charge is 2.37. The molecule has 2 amide bonds. The number of methoxy groups -OCH3 is 1. The quantitative estimate of drug-likeness (QED) is 0.157. The molecule has 0 saturated heterocycles. The van der Waals surface area contributed by atoms with Crippen LogP contribution in [0, 0.1) is 0 Å². The predicted octanol–water partition coefficient (Wildman–Crippen LogP) is 9.28. The van der Waals surface area contributed by atoms with Crippen molar-refractivity contribution < 1.29 is 19.4 Å². The van der Waals surface area contributed by atoms with Crippen LogP contribution in [0.1, 0.15) is 38.0 Å². The number of aromatic hydroxyl groups is 1. The standard InChI is InChI=1S/C41H31N3O4S/c1-48-31-13-9-10-28(22-31)26-18-20-27(21-19-26)39(42-30-11-3-2-4-12-30)44-34-16-7-8-17-37(34)49-38-24-36(45)29(23-35(38)44)25-43-40(46)32-14-5-6-15-33(32)41(43)47/h2-24,39,42,45H,25H2,1H3. The molecule has 240 valence electrons. The van der Waals surface area contributed by atoms with Gasteiger partial charge in [0.05, 0.1) is 36.2 Å². The van der Waals surface area contributed by atoms with Gasteiger partial charge in [-0.25, -0.2) is 0 Å². The molecule has 8 heteroatoms. The summed E-state index contributed by atoms with van der Waals surface area (Å²) >= 11 is 1.58. The summed E-state index contributed by atoms with van der Waals surface area (Å²) in [5, 5.41) is 15.1. The molecule has 7 nitrogen and oxygen atoms in total. The molecule has 2 N–H and O–H groups in total. The number of fused-ring (bicyclic) bond motifs is 3. The molecule has 0 saturated carbocycles. The van der Waals surface area contributed by atoms with Crippen LogP contribution in [-0.4, -0.2) is 28.9 Å². The number of hydrogen-bond acceptors (Lipinski definition) is 7. The fourth-order valence-electron chi connectivity index (χ4n) is 6.47. The lowest BCUT2D eigenvalue weighted by Gasteiger charge is -2.40. The molecule has 0 spiro atoms. The largest absolute Gasteiger partial charge is 0.508 e. The Bertz CT molecular complexity index is 2190. The molecule has 2 aliphatic heterocycles. The van der Waals surface area contributed by atoms with Gasteiger partial charge >= 0.3 is 0 Å². The Morgan fingerprint density at radius 1 is 0.694 bits per heavy atom. The zero-order chi connectivity index (χ0) is 33.5. The Hall–Kier alpha value is -5.99. The maximum Gasteiger partial charge on any atom is 0.261 e. The highest BCUT2D eigenvalue weighted by atomic mass is 32.2. The summed E-state index contributed by atoms with van der Waals surface area (Å²) in [5.74, 6) is 0.0879. The topological polar surface area (TPSA) is 82.1 Å². The highest BCUT2D eigenvalue weighted by molar-refractivity contribution is 7.99. The number of nitrogens with zero attached hydrogens (tertiary/aromatic N) is 2. The molecule has 49 heavy (non-hydrogen) atoms. The molecule has 1 atom stereocenters. The van der Waals surface area contributed by atoms with Gasteiger partial charge < -0.3 is 20.1 Å². The second-order valence-corrected chi connectivity index (χ2v) is 13.0. The van der Waals surface area contributed by atoms with E-state index in [1.807, 2.05) is 66.7 Å². The van der Waals surface area contributed by atoms with Gasteiger partial charge in [-0.1, -0.05) is 90.6 Å². The zero-order valence-corrected chi connectivity index (χ0v) is 27.4. The van der Waals surface area contributed by atoms with Crippen LogP contribution in [0.2, 0.25) is 0 Å². The Morgan fingerprint density at radius 3 is 2.12 bits per heavy atom. The molecule has 0 aromatic heterocycles. The van der Waals surface area contributed by atoms with E-state index in [9.17, 15) is 14.7 Å². The number of amides is 2. The Balaban J connectivity index is 1.23. The van der Waals surface area contributed by atoms with E-state index in [4.69, 9.17) is 4.74 Å². The van der Waals surface area contributed by atoms with Crippen LogP contribution in [0.5, 0.6) is 11.5 Å². The van der Waals surface area contributed by atoms with Crippen molar-refractivity contribution in [2.75, 3.05) is 17.3 Å². The molecule has 0 radical (unpaired) electrons. The van der Waals surface area contributed by atoms with Crippen molar-refractivity contribution in [2.45, 2.75) is 22.5 Å². The number of para-hydroxylation sites is 2. The van der Waals surface area contributed by atoms with Gasteiger partial charge in [-0.15, -0.1) is 0 Å². The first-order valence-electron chi connectivity index (χ1n) is 15.9. The lowest BCUT2D eigenvalue weighted by molar-refractivity contribution is 0.0641. The molecule has 6 aromatic carbocycles. The molecule has 0 bridgehead atoms. The molecule has 0 fully saturated rings. The van der Waals surface area contributed by atoms with Crippen LogP contribution in [0.3, 0.4) is 0 Å². The molecule has 0 aliphatic carbocycles. The number of hydrogen-bond donors (Lipinski definition) is 2. The number of benzene rings is 6. The fourth-order valence-corrected chi connectivity index (χ4v) is 7.56. The van der Waals surface area contributed by atoms with Crippen LogP contribution in [0.25, 0.3) is 11.1 Å². The predicted molar refractivity (Wildman–Crippen MR) is 193 cm³/mol. The monoisotopic (exact) mass is 661 g/mol. The van der Waals surface area contributed by atoms with E-state index in [-0.39, 0.29) is 30.3 Å². The number of rotatable bonds is 8. The van der Waals surface area contributed by atoms with Crippen LogP contribution >= 0.6 is 11.8 Å². The van der Waals surface area contributed by atoms with Gasteiger partial charge in [0, 0.05) is 21.0 Å². The third-order valence-corrected chi connectivity index (χ3v) is 10.0. The Labute approximate surface area is 288 Å². The summed E-state index contributed by atoms with van der Waals surface area (Å²) in [5.41, 5.74) is 7.12. The van der Waals surface area contributed by atoms with Gasteiger partial charge in [0.15, 0.2) is 0 Å². The lowest BCUT2D eigenvalue weighted by Crippen LogP contribution is -2.32. The van der Waals surface area contributed by atoms with Crippen molar-refractivity contribution in [1.82, 2.24) is 4.90 Å². The summed E-state index contributed by atoms with van der Waals surface area (Å²) in [6, 6.07) is 45.2. The Kier molecular flexibility index (Phi) is 7.78. The number of phenolic OH excluding ortho intramolecular Hbond substituents is 1. The maximum absolute atomic E-state index is 13.3. The first-order valence-corrected chi connectivity index (χ1v) is 16.7. The summed E-state index contributed by atoms with van der Waals surface area (Å²) in [6.07, 6.45) is -0.376. The molecule has 8 rings (SSSR count). The van der Waals surface area contributed by atoms with E-state index in [1.54, 1.807) is 49.2 Å². The molecule has 1 unspecified atom stereocenters. The summed E-state index contributed by atoms with van der Waals surface area (Å²) in [7, 11) is 1.67. The van der Waals surface area contributed by atoms with Crippen molar-refractivity contribution in [3.63, 3.8) is 0 Å². The van der Waals surface area contributed by atoms with E-state index in [2.05, 4.69) is 52.7 Å². The van der Waals surface area contributed by atoms with Crippen molar-refractivity contribution in [3.8, 4) is 22.6 Å². The van der Waals surface area contributed by atoms with Crippen LogP contribution < -0.4 is 15.0 Å². The number of phenols is 1. The second-order valence-electron chi connectivity index (χ2n) is 11.9. The minimum absolute atomic E-state index is 0.0253. The third-order valence-electron chi connectivity index (χ3n) is 8.94. The van der Waals surface area contributed by atoms with Gasteiger partial charge in [0.25, 0.3) is 11.8 Å². The number of nitrogens with one attached hydrogen (secondary N) is 1. The van der Waals surface area contributed by atoms with Crippen molar-refractivity contribution >= 4 is 40.6 Å². The number of anilines is 3. The number of ether oxygens (including phenoxy) is 1. The van der Waals surface area contributed by atoms with Crippen LogP contribution in [-0.2, 0) is 6.54 Å². The van der Waals surface area contributed by atoms with Crippen molar-refractivity contribution in [3.05, 3.63) is 162 Å². The van der Waals surface area contributed by atoms with E-state index in [0.29, 0.717) is 16.7 Å². The zero-order valence-electron chi connectivity index (χ0n) is 26.5. The summed E-state index contributed by atoms with van der Waals surface area (Å²) in [6.45, 7) is -0.0579. The second kappa shape index (κ2) is 12.6. The van der Waals surface area contributed by atoms with Gasteiger partial charge in [0.2, 0.25) is 0 Å². The fraction of sp³-hybridized carbons (Fsp3) is 0.0732. The summed E-state index contributed by atoms with van der Waals surface area (Å²) in [4.78, 5) is 31.9. The number of carbonyl (C=O) groups excluding carboxylic acids is 2. The highest BCUT2D eigenvalue weighted by Crippen LogP contribution is 2.53. The average molecular weight is 662 g/mol. The van der Waals surface area contributed by atoms with Gasteiger partial charge in [-0.3, -0.25) is 14.5 Å². The van der Waals surface area contributed by atoms with Gasteiger partial charge in [0.1, 0.15) is 17.7 Å². The first-order chi connectivity index (χ1) is 24.0. The molecule has 2 aliphatic rings. The molecular weight excluding hydrogens is 631 g/mol. The van der Waals surface area contributed by atoms with Crippen molar-refractivity contribution in [2.24, 2.45) is 0 Å². The van der Waals surface area contributed by atoms with E-state index in [0.717, 1.165) is 49.3 Å². The smallest absolute Gasteiger partial charge is 0.261 e. The van der Waals surface area contributed by atoms with E-state index >= 15 is 0 Å². The SMILES string of the molecule is COc1cccc(-c2ccc(C(Nc3ccccc3)N3c4ccccc4Sc4cc(O)c(CN5C(=O)c6ccccc6C5=O)cc43)cc2)c1. The van der Waals surface area contributed by atoms with Gasteiger partial charge in [-0.2, -0.15) is 0 Å². The number of imide groups is 1. The normalized spacial score (nSPS) is 13.8. The first kappa shape index (κ1) is 30.4. The van der Waals surface area contributed by atoms with E-state index < -0.39 is 0 Å². The molecular formula is C41H31N3O4S.